The molecule has 0 saturated heterocycles. The third-order valence-electron chi connectivity index (χ3n) is 2.94. The summed E-state index contributed by atoms with van der Waals surface area (Å²) in [6, 6.07) is 8.21. The Morgan fingerprint density at radius 2 is 1.80 bits per heavy atom. The molecule has 2 aromatic carbocycles. The van der Waals surface area contributed by atoms with Gasteiger partial charge in [0.05, 0.1) is 10.9 Å². The molecule has 0 radical (unpaired) electrons. The molecule has 2 aromatic rings. The lowest BCUT2D eigenvalue weighted by molar-refractivity contribution is 0.566. The number of hydrogen-bond acceptors (Lipinski definition) is 3. The molecule has 1 unspecified atom stereocenters. The molecule has 0 spiro atoms. The van der Waals surface area contributed by atoms with E-state index in [1.54, 1.807) is 6.07 Å². The number of sulfone groups is 1. The van der Waals surface area contributed by atoms with Crippen LogP contribution in [0, 0.1) is 11.6 Å². The highest BCUT2D eigenvalue weighted by Crippen LogP contribution is 2.24. The minimum absolute atomic E-state index is 0.105. The molecule has 0 aromatic heterocycles. The molecule has 0 saturated carbocycles. The van der Waals surface area contributed by atoms with Gasteiger partial charge in [-0.3, -0.25) is 0 Å². The van der Waals surface area contributed by atoms with Gasteiger partial charge in [-0.05, 0) is 23.8 Å². The van der Waals surface area contributed by atoms with Gasteiger partial charge in [0.2, 0.25) is 0 Å². The van der Waals surface area contributed by atoms with Crippen molar-refractivity contribution in [3.8, 4) is 0 Å². The molecule has 0 aliphatic heterocycles. The van der Waals surface area contributed by atoms with Gasteiger partial charge < -0.3 is 5.73 Å². The molecule has 0 fully saturated rings. The highest BCUT2D eigenvalue weighted by Gasteiger charge is 2.16. The van der Waals surface area contributed by atoms with Crippen LogP contribution in [0.25, 0.3) is 0 Å². The first-order chi connectivity index (χ1) is 9.29. The van der Waals surface area contributed by atoms with E-state index in [9.17, 15) is 17.2 Å². The van der Waals surface area contributed by atoms with E-state index in [1.165, 1.54) is 24.3 Å². The van der Waals surface area contributed by atoms with Crippen molar-refractivity contribution in [1.82, 2.24) is 0 Å². The fourth-order valence-electron chi connectivity index (χ4n) is 1.87. The molecule has 6 heteroatoms. The van der Waals surface area contributed by atoms with Gasteiger partial charge in [0.15, 0.2) is 9.84 Å². The monoisotopic (exact) mass is 297 g/mol. The highest BCUT2D eigenvalue weighted by molar-refractivity contribution is 7.90. The lowest BCUT2D eigenvalue weighted by Gasteiger charge is -2.14. The summed E-state index contributed by atoms with van der Waals surface area (Å²) in [6.45, 7) is 0. The zero-order chi connectivity index (χ0) is 14.9. The Morgan fingerprint density at radius 3 is 2.40 bits per heavy atom. The van der Waals surface area contributed by atoms with Gasteiger partial charge >= 0.3 is 0 Å². The van der Waals surface area contributed by atoms with E-state index in [4.69, 9.17) is 5.73 Å². The topological polar surface area (TPSA) is 60.2 Å². The van der Waals surface area contributed by atoms with Crippen LogP contribution in [0.5, 0.6) is 0 Å². The van der Waals surface area contributed by atoms with Gasteiger partial charge in [-0.15, -0.1) is 0 Å². The summed E-state index contributed by atoms with van der Waals surface area (Å²) in [5.74, 6) is -1.45. The molecule has 2 N–H and O–H groups in total. The third kappa shape index (κ3) is 3.02. The number of rotatable bonds is 3. The molecule has 2 rings (SSSR count). The van der Waals surface area contributed by atoms with E-state index in [0.717, 1.165) is 18.4 Å². The zero-order valence-electron chi connectivity index (χ0n) is 10.7. The smallest absolute Gasteiger partial charge is 0.175 e. The van der Waals surface area contributed by atoms with Crippen LogP contribution < -0.4 is 5.73 Å². The van der Waals surface area contributed by atoms with Gasteiger partial charge in [-0.25, -0.2) is 17.2 Å². The van der Waals surface area contributed by atoms with E-state index >= 15 is 0 Å². The largest absolute Gasteiger partial charge is 0.320 e. The van der Waals surface area contributed by atoms with Crippen molar-refractivity contribution in [3.05, 3.63) is 65.2 Å². The van der Waals surface area contributed by atoms with Crippen LogP contribution in [-0.2, 0) is 9.84 Å². The Balaban J connectivity index is 2.46. The molecule has 0 heterocycles. The van der Waals surface area contributed by atoms with Crippen LogP contribution in [-0.4, -0.2) is 14.7 Å². The SMILES string of the molecule is CS(=O)(=O)c1cccc(C(N)c2ccc(F)cc2F)c1. The summed E-state index contributed by atoms with van der Waals surface area (Å²) < 4.78 is 49.5. The lowest BCUT2D eigenvalue weighted by atomic mass is 9.99. The van der Waals surface area contributed by atoms with Crippen molar-refractivity contribution in [1.29, 1.82) is 0 Å². The Hall–Kier alpha value is -1.79. The van der Waals surface area contributed by atoms with Crippen molar-refractivity contribution in [2.24, 2.45) is 5.73 Å². The quantitative estimate of drug-likeness (QED) is 0.946. The summed E-state index contributed by atoms with van der Waals surface area (Å²) in [5.41, 5.74) is 6.47. The van der Waals surface area contributed by atoms with Crippen molar-refractivity contribution in [3.63, 3.8) is 0 Å². The van der Waals surface area contributed by atoms with Gasteiger partial charge in [-0.2, -0.15) is 0 Å². The molecule has 0 aliphatic rings. The maximum atomic E-state index is 13.7. The maximum Gasteiger partial charge on any atom is 0.175 e. The minimum atomic E-state index is -3.37. The van der Waals surface area contributed by atoms with Gasteiger partial charge in [0.25, 0.3) is 0 Å². The molecule has 0 aliphatic carbocycles. The van der Waals surface area contributed by atoms with Gasteiger partial charge in [0.1, 0.15) is 11.6 Å². The molecule has 106 valence electrons. The Morgan fingerprint density at radius 1 is 1.10 bits per heavy atom. The normalized spacial score (nSPS) is 13.2. The Bertz CT molecular complexity index is 745. The fourth-order valence-corrected chi connectivity index (χ4v) is 2.55. The van der Waals surface area contributed by atoms with E-state index in [1.807, 2.05) is 0 Å². The van der Waals surface area contributed by atoms with Crippen LogP contribution in [0.4, 0.5) is 8.78 Å². The minimum Gasteiger partial charge on any atom is -0.320 e. The predicted molar refractivity (Wildman–Crippen MR) is 71.9 cm³/mol. The average Bonchev–Trinajstić information content (AvgIpc) is 2.37. The molecule has 0 bridgehead atoms. The Kier molecular flexibility index (Phi) is 3.87. The summed E-state index contributed by atoms with van der Waals surface area (Å²) >= 11 is 0. The second kappa shape index (κ2) is 5.30. The highest BCUT2D eigenvalue weighted by atomic mass is 32.2. The van der Waals surface area contributed by atoms with Crippen molar-refractivity contribution < 1.29 is 17.2 Å². The predicted octanol–water partition coefficient (Wildman–Crippen LogP) is 2.42. The molecule has 1 atom stereocenters. The van der Waals surface area contributed by atoms with Crippen LogP contribution >= 0.6 is 0 Å². The van der Waals surface area contributed by atoms with Crippen LogP contribution in [0.1, 0.15) is 17.2 Å². The molecule has 0 amide bonds. The molecule has 3 nitrogen and oxygen atoms in total. The van der Waals surface area contributed by atoms with Gasteiger partial charge in [-0.1, -0.05) is 18.2 Å². The van der Waals surface area contributed by atoms with Crippen molar-refractivity contribution in [2.45, 2.75) is 10.9 Å². The average molecular weight is 297 g/mol. The lowest BCUT2D eigenvalue weighted by Crippen LogP contribution is -2.14. The third-order valence-corrected chi connectivity index (χ3v) is 4.05. The number of hydrogen-bond donors (Lipinski definition) is 1. The summed E-state index contributed by atoms with van der Waals surface area (Å²) in [5, 5.41) is 0. The summed E-state index contributed by atoms with van der Waals surface area (Å²) in [6.07, 6.45) is 1.08. The van der Waals surface area contributed by atoms with Gasteiger partial charge in [0, 0.05) is 17.9 Å². The second-order valence-corrected chi connectivity index (χ2v) is 6.50. The first-order valence-corrected chi connectivity index (χ1v) is 7.69. The van der Waals surface area contributed by atoms with Crippen molar-refractivity contribution >= 4 is 9.84 Å². The van der Waals surface area contributed by atoms with E-state index in [0.29, 0.717) is 5.56 Å². The first kappa shape index (κ1) is 14.6. The number of nitrogens with two attached hydrogens (primary N) is 1. The Labute approximate surface area is 116 Å². The van der Waals surface area contributed by atoms with E-state index in [2.05, 4.69) is 0 Å². The van der Waals surface area contributed by atoms with Crippen LogP contribution in [0.3, 0.4) is 0 Å². The summed E-state index contributed by atoms with van der Waals surface area (Å²) in [7, 11) is -3.37. The number of halogens is 2. The standard InChI is InChI=1S/C14H13F2NO2S/c1-20(18,19)11-4-2-3-9(7-11)14(17)12-6-5-10(15)8-13(12)16/h2-8,14H,17H2,1H3. The molecular weight excluding hydrogens is 284 g/mol. The number of benzene rings is 2. The van der Waals surface area contributed by atoms with E-state index in [-0.39, 0.29) is 10.5 Å². The molecular formula is C14H13F2NO2S. The van der Waals surface area contributed by atoms with Crippen molar-refractivity contribution in [2.75, 3.05) is 6.26 Å². The zero-order valence-corrected chi connectivity index (χ0v) is 11.5. The first-order valence-electron chi connectivity index (χ1n) is 5.79. The fraction of sp³-hybridized carbons (Fsp3) is 0.143. The second-order valence-electron chi connectivity index (χ2n) is 4.49. The van der Waals surface area contributed by atoms with E-state index < -0.39 is 27.5 Å². The summed E-state index contributed by atoms with van der Waals surface area (Å²) in [4.78, 5) is 0.105. The molecule has 20 heavy (non-hydrogen) atoms. The maximum absolute atomic E-state index is 13.7. The van der Waals surface area contributed by atoms with Crippen LogP contribution in [0.2, 0.25) is 0 Å². The van der Waals surface area contributed by atoms with Crippen LogP contribution in [0.15, 0.2) is 47.4 Å².